The Hall–Kier alpha value is -3.93. The molecule has 0 aliphatic carbocycles. The van der Waals surface area contributed by atoms with Crippen LogP contribution in [-0.2, 0) is 37.7 Å². The zero-order valence-electron chi connectivity index (χ0n) is 23.8. The number of aliphatic carboxylic acids is 1. The van der Waals surface area contributed by atoms with Crippen molar-refractivity contribution in [1.82, 2.24) is 4.31 Å². The van der Waals surface area contributed by atoms with Crippen molar-refractivity contribution in [2.45, 2.75) is 50.1 Å². The minimum absolute atomic E-state index is 0.0543. The van der Waals surface area contributed by atoms with Crippen molar-refractivity contribution >= 4 is 25.8 Å². The van der Waals surface area contributed by atoms with Crippen LogP contribution >= 0.6 is 0 Å². The third-order valence-corrected chi connectivity index (χ3v) is 10.6. The Morgan fingerprint density at radius 3 is 1.98 bits per heavy atom. The third kappa shape index (κ3) is 7.54. The molecule has 0 bridgehead atoms. The van der Waals surface area contributed by atoms with Gasteiger partial charge in [0.2, 0.25) is 10.0 Å². The smallest absolute Gasteiger partial charge is 0.319 e. The summed E-state index contributed by atoms with van der Waals surface area (Å²) in [6.07, 6.45) is -2.70. The Bertz CT molecular complexity index is 1850. The van der Waals surface area contributed by atoms with Crippen LogP contribution in [0.2, 0.25) is 0 Å². The number of aryl methyl sites for hydroxylation is 3. The molecule has 4 aromatic rings. The average Bonchev–Trinajstić information content (AvgIpc) is 2.92. The molecule has 4 rings (SSSR count). The highest BCUT2D eigenvalue weighted by Gasteiger charge is 2.29. The van der Waals surface area contributed by atoms with Crippen LogP contribution in [0.4, 0.5) is 8.78 Å². The first-order valence-corrected chi connectivity index (χ1v) is 16.4. The van der Waals surface area contributed by atoms with Crippen LogP contribution in [0.15, 0.2) is 94.7 Å². The molecule has 11 heteroatoms. The zero-order chi connectivity index (χ0) is 31.5. The number of rotatable bonds is 11. The predicted octanol–water partition coefficient (Wildman–Crippen LogP) is 6.47. The maximum Gasteiger partial charge on any atom is 0.319 e. The molecule has 7 nitrogen and oxygen atoms in total. The van der Waals surface area contributed by atoms with Crippen molar-refractivity contribution in [3.8, 4) is 11.1 Å². The van der Waals surface area contributed by atoms with Crippen LogP contribution in [0.25, 0.3) is 11.1 Å². The number of nitrogens with zero attached hydrogens (tertiary/aromatic N) is 1. The van der Waals surface area contributed by atoms with Crippen molar-refractivity contribution in [3.05, 3.63) is 118 Å². The van der Waals surface area contributed by atoms with E-state index in [9.17, 15) is 30.4 Å². The molecular formula is C32H31F2NO6S2. The van der Waals surface area contributed by atoms with E-state index in [0.717, 1.165) is 5.56 Å². The van der Waals surface area contributed by atoms with Crippen LogP contribution in [0.5, 0.6) is 0 Å². The molecule has 0 unspecified atom stereocenters. The Labute approximate surface area is 250 Å². The average molecular weight is 628 g/mol. The Morgan fingerprint density at radius 2 is 1.37 bits per heavy atom. The fraction of sp³-hybridized carbons (Fsp3) is 0.219. The topological polar surface area (TPSA) is 109 Å². The first-order valence-electron chi connectivity index (χ1n) is 13.3. The summed E-state index contributed by atoms with van der Waals surface area (Å²) in [4.78, 5) is 11.0. The second-order valence-electron chi connectivity index (χ2n) is 10.4. The number of halogens is 2. The molecule has 1 N–H and O–H groups in total. The molecule has 0 heterocycles. The van der Waals surface area contributed by atoms with E-state index in [0.29, 0.717) is 33.4 Å². The summed E-state index contributed by atoms with van der Waals surface area (Å²) in [5.74, 6) is -2.48. The van der Waals surface area contributed by atoms with E-state index in [1.54, 1.807) is 62.4 Å². The Balaban J connectivity index is 1.70. The van der Waals surface area contributed by atoms with Crippen LogP contribution in [0.3, 0.4) is 0 Å². The van der Waals surface area contributed by atoms with Gasteiger partial charge in [-0.05, 0) is 72.4 Å². The third-order valence-electron chi connectivity index (χ3n) is 6.92. The molecule has 0 fully saturated rings. The van der Waals surface area contributed by atoms with E-state index in [1.807, 2.05) is 6.92 Å². The summed E-state index contributed by atoms with van der Waals surface area (Å²) in [5, 5.41) is 8.94. The summed E-state index contributed by atoms with van der Waals surface area (Å²) >= 11 is 0. The van der Waals surface area contributed by atoms with Gasteiger partial charge in [-0.2, -0.15) is 4.31 Å². The molecule has 0 aromatic heterocycles. The molecule has 0 aliphatic heterocycles. The molecule has 0 atom stereocenters. The van der Waals surface area contributed by atoms with Crippen molar-refractivity contribution in [2.24, 2.45) is 0 Å². The van der Waals surface area contributed by atoms with Gasteiger partial charge in [0.1, 0.15) is 0 Å². The van der Waals surface area contributed by atoms with Crippen LogP contribution in [-0.4, -0.2) is 38.0 Å². The lowest BCUT2D eigenvalue weighted by Gasteiger charge is -2.25. The van der Waals surface area contributed by atoms with Gasteiger partial charge in [-0.25, -0.2) is 25.6 Å². The van der Waals surface area contributed by atoms with Crippen LogP contribution in [0.1, 0.15) is 39.8 Å². The van der Waals surface area contributed by atoms with Gasteiger partial charge in [-0.1, -0.05) is 72.3 Å². The van der Waals surface area contributed by atoms with Gasteiger partial charge in [0.15, 0.2) is 15.6 Å². The second-order valence-corrected chi connectivity index (χ2v) is 14.3. The van der Waals surface area contributed by atoms with Crippen molar-refractivity contribution in [2.75, 3.05) is 5.75 Å². The van der Waals surface area contributed by atoms with Gasteiger partial charge in [-0.3, -0.25) is 4.79 Å². The van der Waals surface area contributed by atoms with Crippen LogP contribution < -0.4 is 0 Å². The molecule has 0 spiro atoms. The molecule has 0 amide bonds. The van der Waals surface area contributed by atoms with E-state index in [4.69, 9.17) is 5.11 Å². The molecular weight excluding hydrogens is 596 g/mol. The molecule has 43 heavy (non-hydrogen) atoms. The minimum atomic E-state index is -4.07. The Kier molecular flexibility index (Phi) is 9.48. The number of sulfonamides is 1. The molecule has 0 saturated heterocycles. The summed E-state index contributed by atoms with van der Waals surface area (Å²) in [6.45, 7) is 5.13. The van der Waals surface area contributed by atoms with Crippen molar-refractivity contribution in [3.63, 3.8) is 0 Å². The Morgan fingerprint density at radius 1 is 0.767 bits per heavy atom. The van der Waals surface area contributed by atoms with E-state index < -0.39 is 38.0 Å². The first-order chi connectivity index (χ1) is 20.2. The summed E-state index contributed by atoms with van der Waals surface area (Å²) in [6, 6.07) is 22.0. The zero-order valence-corrected chi connectivity index (χ0v) is 25.4. The number of carboxylic acids is 1. The summed E-state index contributed by atoms with van der Waals surface area (Å²) < 4.78 is 81.1. The SMILES string of the molecule is Cc1cc(C)c(S(=O)(=O)N(Cc2ccc(-c3cccc(S(=O)(=O)CC(=O)O)c3)cc2)Cc2cccc(C(F)F)c2)c(C)c1. The number of alkyl halides is 2. The van der Waals surface area contributed by atoms with Crippen molar-refractivity contribution < 1.29 is 35.5 Å². The number of carboxylic acid groups (broad SMARTS) is 1. The summed E-state index contributed by atoms with van der Waals surface area (Å²) in [5.41, 5.74) is 4.09. The molecule has 4 aromatic carbocycles. The van der Waals surface area contributed by atoms with E-state index in [1.165, 1.54) is 40.7 Å². The number of hydrogen-bond acceptors (Lipinski definition) is 5. The number of benzene rings is 4. The number of hydrogen-bond donors (Lipinski definition) is 1. The number of carbonyl (C=O) groups is 1. The molecule has 226 valence electrons. The lowest BCUT2D eigenvalue weighted by Crippen LogP contribution is -2.31. The van der Waals surface area contributed by atoms with Gasteiger partial charge >= 0.3 is 5.97 Å². The van der Waals surface area contributed by atoms with Crippen molar-refractivity contribution in [1.29, 1.82) is 0 Å². The molecule has 0 radical (unpaired) electrons. The van der Waals surface area contributed by atoms with Gasteiger partial charge in [0.05, 0.1) is 9.79 Å². The highest BCUT2D eigenvalue weighted by molar-refractivity contribution is 7.92. The maximum atomic E-state index is 14.1. The minimum Gasteiger partial charge on any atom is -0.480 e. The van der Waals surface area contributed by atoms with E-state index in [2.05, 4.69) is 0 Å². The van der Waals surface area contributed by atoms with E-state index in [-0.39, 0.29) is 28.4 Å². The normalized spacial score (nSPS) is 12.2. The van der Waals surface area contributed by atoms with Gasteiger partial charge in [0.25, 0.3) is 6.43 Å². The van der Waals surface area contributed by atoms with Gasteiger partial charge < -0.3 is 5.11 Å². The highest BCUT2D eigenvalue weighted by Crippen LogP contribution is 2.30. The lowest BCUT2D eigenvalue weighted by molar-refractivity contribution is -0.134. The lowest BCUT2D eigenvalue weighted by atomic mass is 10.0. The quantitative estimate of drug-likeness (QED) is 0.204. The monoisotopic (exact) mass is 627 g/mol. The number of sulfone groups is 1. The van der Waals surface area contributed by atoms with Crippen LogP contribution in [0, 0.1) is 20.8 Å². The highest BCUT2D eigenvalue weighted by atomic mass is 32.2. The molecule has 0 aliphatic rings. The maximum absolute atomic E-state index is 14.1. The van der Waals surface area contributed by atoms with Gasteiger partial charge in [-0.15, -0.1) is 0 Å². The van der Waals surface area contributed by atoms with E-state index >= 15 is 0 Å². The summed E-state index contributed by atoms with van der Waals surface area (Å²) in [7, 11) is -8.10. The van der Waals surface area contributed by atoms with Gasteiger partial charge in [0, 0.05) is 18.7 Å². The largest absolute Gasteiger partial charge is 0.480 e. The second kappa shape index (κ2) is 12.7. The standard InChI is InChI=1S/C32H31F2NO6S2/c1-21-14-22(2)31(23(3)15-21)43(40,41)35(19-25-6-4-8-28(16-25)32(33)34)18-24-10-12-26(13-11-24)27-7-5-9-29(17-27)42(38,39)20-30(36)37/h4-17,32H,18-20H2,1-3H3,(H,36,37). The molecule has 0 saturated carbocycles. The fourth-order valence-electron chi connectivity index (χ4n) is 5.08. The predicted molar refractivity (Wildman–Crippen MR) is 160 cm³/mol. The fourth-order valence-corrected chi connectivity index (χ4v) is 7.99. The first kappa shape index (κ1) is 32.0.